The Balaban J connectivity index is 2.23. The minimum Gasteiger partial charge on any atom is -0.447 e. The van der Waals surface area contributed by atoms with Gasteiger partial charge in [0.1, 0.15) is 5.76 Å². The Morgan fingerprint density at radius 1 is 1.38 bits per heavy atom. The lowest BCUT2D eigenvalue weighted by molar-refractivity contribution is 0.380. The maximum absolute atomic E-state index is 12.1. The third-order valence-corrected chi connectivity index (χ3v) is 5.12. The average molecular weight is 262 g/mol. The molecule has 1 aliphatic rings. The van der Waals surface area contributed by atoms with Crippen molar-refractivity contribution >= 4 is 21.8 Å². The van der Waals surface area contributed by atoms with Gasteiger partial charge in [0.05, 0.1) is 6.54 Å². The van der Waals surface area contributed by atoms with Crippen molar-refractivity contribution in [1.29, 1.82) is 0 Å². The summed E-state index contributed by atoms with van der Waals surface area (Å²) >= 11 is 1.76. The van der Waals surface area contributed by atoms with E-state index in [9.17, 15) is 8.42 Å². The van der Waals surface area contributed by atoms with Gasteiger partial charge in [0.25, 0.3) is 10.0 Å². The number of nitrogens with two attached hydrogens (primary N) is 1. The van der Waals surface area contributed by atoms with Crippen LogP contribution in [0.15, 0.2) is 21.6 Å². The monoisotopic (exact) mass is 262 g/mol. The van der Waals surface area contributed by atoms with E-state index in [-0.39, 0.29) is 11.6 Å². The number of hydrogen-bond acceptors (Lipinski definition) is 5. The van der Waals surface area contributed by atoms with Gasteiger partial charge in [-0.3, -0.25) is 0 Å². The van der Waals surface area contributed by atoms with Crippen LogP contribution < -0.4 is 5.73 Å². The fourth-order valence-electron chi connectivity index (χ4n) is 1.52. The van der Waals surface area contributed by atoms with E-state index in [4.69, 9.17) is 10.2 Å². The number of sulfonamides is 1. The van der Waals surface area contributed by atoms with Crippen LogP contribution in [0.3, 0.4) is 0 Å². The molecule has 0 amide bonds. The Bertz CT molecular complexity index is 449. The highest BCUT2D eigenvalue weighted by Gasteiger charge is 2.28. The number of nitrogens with zero attached hydrogens (tertiary/aromatic N) is 1. The van der Waals surface area contributed by atoms with Crippen LogP contribution in [-0.2, 0) is 16.6 Å². The second-order valence-electron chi connectivity index (χ2n) is 3.44. The van der Waals surface area contributed by atoms with E-state index >= 15 is 0 Å². The van der Waals surface area contributed by atoms with Gasteiger partial charge in [-0.1, -0.05) is 0 Å². The van der Waals surface area contributed by atoms with Gasteiger partial charge in [0.2, 0.25) is 5.09 Å². The molecule has 1 aromatic heterocycles. The fourth-order valence-corrected chi connectivity index (χ4v) is 4.03. The molecule has 1 saturated heterocycles. The van der Waals surface area contributed by atoms with E-state index in [1.807, 2.05) is 0 Å². The van der Waals surface area contributed by atoms with E-state index in [0.717, 1.165) is 11.5 Å². The van der Waals surface area contributed by atoms with Crippen molar-refractivity contribution in [2.24, 2.45) is 5.73 Å². The molecule has 5 nitrogen and oxygen atoms in total. The lowest BCUT2D eigenvalue weighted by Gasteiger charge is -2.24. The SMILES string of the molecule is NCc1ccc(S(=O)(=O)N2CCSCC2)o1. The molecule has 2 heterocycles. The summed E-state index contributed by atoms with van der Waals surface area (Å²) in [6, 6.07) is 3.07. The zero-order chi connectivity index (χ0) is 11.6. The van der Waals surface area contributed by atoms with Crippen molar-refractivity contribution in [3.05, 3.63) is 17.9 Å². The Hall–Kier alpha value is -0.500. The number of rotatable bonds is 3. The molecular formula is C9H14N2O3S2. The summed E-state index contributed by atoms with van der Waals surface area (Å²) in [5.74, 6) is 2.16. The summed E-state index contributed by atoms with van der Waals surface area (Å²) in [5.41, 5.74) is 5.38. The smallest absolute Gasteiger partial charge is 0.276 e. The minimum absolute atomic E-state index is 0.000139. The standard InChI is InChI=1S/C9H14N2O3S2/c10-7-8-1-2-9(14-8)16(12,13)11-3-5-15-6-4-11/h1-2H,3-7,10H2. The van der Waals surface area contributed by atoms with Gasteiger partial charge in [-0.2, -0.15) is 16.1 Å². The van der Waals surface area contributed by atoms with Gasteiger partial charge < -0.3 is 10.2 Å². The first-order valence-corrected chi connectivity index (χ1v) is 7.61. The summed E-state index contributed by atoms with van der Waals surface area (Å²) in [6.45, 7) is 1.31. The van der Waals surface area contributed by atoms with Gasteiger partial charge >= 0.3 is 0 Å². The zero-order valence-electron chi connectivity index (χ0n) is 8.76. The summed E-state index contributed by atoms with van der Waals surface area (Å²) in [4.78, 5) is 0. The van der Waals surface area contributed by atoms with Gasteiger partial charge in [0, 0.05) is 24.6 Å². The minimum atomic E-state index is -3.45. The first-order chi connectivity index (χ1) is 7.64. The highest BCUT2D eigenvalue weighted by atomic mass is 32.2. The predicted octanol–water partition coefficient (Wildman–Crippen LogP) is 0.476. The van der Waals surface area contributed by atoms with Crippen molar-refractivity contribution < 1.29 is 12.8 Å². The van der Waals surface area contributed by atoms with Crippen LogP contribution in [0.5, 0.6) is 0 Å². The highest BCUT2D eigenvalue weighted by Crippen LogP contribution is 2.21. The van der Waals surface area contributed by atoms with Crippen LogP contribution in [0, 0.1) is 0 Å². The maximum atomic E-state index is 12.1. The van der Waals surface area contributed by atoms with E-state index in [1.54, 1.807) is 17.8 Å². The van der Waals surface area contributed by atoms with Crippen molar-refractivity contribution in [3.63, 3.8) is 0 Å². The molecule has 2 rings (SSSR count). The Labute approximate surface area is 99.0 Å². The molecule has 0 aromatic carbocycles. The topological polar surface area (TPSA) is 76.5 Å². The molecule has 16 heavy (non-hydrogen) atoms. The molecular weight excluding hydrogens is 248 g/mol. The summed E-state index contributed by atoms with van der Waals surface area (Å²) < 4.78 is 30.8. The van der Waals surface area contributed by atoms with E-state index in [1.165, 1.54) is 10.4 Å². The fraction of sp³-hybridized carbons (Fsp3) is 0.556. The Kier molecular flexibility index (Phi) is 3.58. The summed E-state index contributed by atoms with van der Waals surface area (Å²) in [5, 5.41) is -0.000139. The summed E-state index contributed by atoms with van der Waals surface area (Å²) in [6.07, 6.45) is 0. The molecule has 7 heteroatoms. The second-order valence-corrected chi connectivity index (χ2v) is 6.53. The normalized spacial score (nSPS) is 18.8. The van der Waals surface area contributed by atoms with Crippen LogP contribution in [-0.4, -0.2) is 37.3 Å². The van der Waals surface area contributed by atoms with Crippen LogP contribution in [0.4, 0.5) is 0 Å². The number of thioether (sulfide) groups is 1. The van der Waals surface area contributed by atoms with Gasteiger partial charge in [0.15, 0.2) is 0 Å². The average Bonchev–Trinajstić information content (AvgIpc) is 2.79. The van der Waals surface area contributed by atoms with Crippen LogP contribution in [0.2, 0.25) is 0 Å². The van der Waals surface area contributed by atoms with E-state index in [0.29, 0.717) is 18.8 Å². The molecule has 0 unspecified atom stereocenters. The molecule has 0 saturated carbocycles. The van der Waals surface area contributed by atoms with Crippen LogP contribution >= 0.6 is 11.8 Å². The molecule has 0 radical (unpaired) electrons. The first-order valence-electron chi connectivity index (χ1n) is 5.01. The molecule has 0 bridgehead atoms. The van der Waals surface area contributed by atoms with Crippen LogP contribution in [0.1, 0.15) is 5.76 Å². The largest absolute Gasteiger partial charge is 0.447 e. The molecule has 1 fully saturated rings. The molecule has 0 aliphatic carbocycles. The Morgan fingerprint density at radius 2 is 2.06 bits per heavy atom. The lowest BCUT2D eigenvalue weighted by atomic mass is 10.5. The molecule has 0 atom stereocenters. The maximum Gasteiger partial charge on any atom is 0.276 e. The number of hydrogen-bond donors (Lipinski definition) is 1. The molecule has 0 spiro atoms. The second kappa shape index (κ2) is 4.79. The molecule has 90 valence electrons. The molecule has 1 aromatic rings. The van der Waals surface area contributed by atoms with E-state index in [2.05, 4.69) is 0 Å². The zero-order valence-corrected chi connectivity index (χ0v) is 10.4. The van der Waals surface area contributed by atoms with E-state index < -0.39 is 10.0 Å². The third-order valence-electron chi connectivity index (χ3n) is 2.40. The predicted molar refractivity (Wildman–Crippen MR) is 62.7 cm³/mol. The van der Waals surface area contributed by atoms with Gasteiger partial charge in [-0.25, -0.2) is 8.42 Å². The van der Waals surface area contributed by atoms with Crippen molar-refractivity contribution in [2.75, 3.05) is 24.6 Å². The number of furan rings is 1. The van der Waals surface area contributed by atoms with Gasteiger partial charge in [-0.05, 0) is 12.1 Å². The molecule has 1 aliphatic heterocycles. The first kappa shape index (κ1) is 12.0. The summed E-state index contributed by atoms with van der Waals surface area (Å²) in [7, 11) is -3.45. The van der Waals surface area contributed by atoms with Crippen molar-refractivity contribution in [2.45, 2.75) is 11.6 Å². The molecule has 2 N–H and O–H groups in total. The quantitative estimate of drug-likeness (QED) is 0.857. The highest BCUT2D eigenvalue weighted by molar-refractivity contribution is 7.99. The van der Waals surface area contributed by atoms with Crippen molar-refractivity contribution in [3.8, 4) is 0 Å². The third kappa shape index (κ3) is 2.27. The lowest BCUT2D eigenvalue weighted by Crippen LogP contribution is -2.37. The Morgan fingerprint density at radius 3 is 2.62 bits per heavy atom. The van der Waals surface area contributed by atoms with Crippen molar-refractivity contribution in [1.82, 2.24) is 4.31 Å². The van der Waals surface area contributed by atoms with Crippen LogP contribution in [0.25, 0.3) is 0 Å². The van der Waals surface area contributed by atoms with Gasteiger partial charge in [-0.15, -0.1) is 0 Å².